The highest BCUT2D eigenvalue weighted by Crippen LogP contribution is 2.26. The van der Waals surface area contributed by atoms with Crippen molar-refractivity contribution in [3.05, 3.63) is 57.3 Å². The van der Waals surface area contributed by atoms with Gasteiger partial charge in [0.15, 0.2) is 4.77 Å². The van der Waals surface area contributed by atoms with Crippen LogP contribution in [0.5, 0.6) is 0 Å². The first kappa shape index (κ1) is 13.7. The zero-order valence-corrected chi connectivity index (χ0v) is 11.9. The molecule has 0 saturated heterocycles. The molecule has 7 heteroatoms. The molecular weight excluding hydrogens is 316 g/mol. The molecule has 0 saturated carbocycles. The Balaban J connectivity index is 2.35. The molecule has 3 nitrogen and oxygen atoms in total. The first-order valence-electron chi connectivity index (χ1n) is 5.81. The number of benzene rings is 2. The van der Waals surface area contributed by atoms with Crippen LogP contribution in [0.15, 0.2) is 30.3 Å². The summed E-state index contributed by atoms with van der Waals surface area (Å²) >= 11 is 10.9. The summed E-state index contributed by atoms with van der Waals surface area (Å²) in [5.41, 5.74) is 1.36. The van der Waals surface area contributed by atoms with E-state index in [1.165, 1.54) is 34.9 Å². The van der Waals surface area contributed by atoms with E-state index in [1.54, 1.807) is 6.07 Å². The Morgan fingerprint density at radius 3 is 2.67 bits per heavy atom. The molecule has 0 unspecified atom stereocenters. The van der Waals surface area contributed by atoms with Gasteiger partial charge in [0.25, 0.3) is 0 Å². The van der Waals surface area contributed by atoms with E-state index >= 15 is 0 Å². The van der Waals surface area contributed by atoms with E-state index < -0.39 is 11.6 Å². The fraction of sp³-hybridized carbons (Fsp3) is 0. The second kappa shape index (κ2) is 4.95. The molecule has 0 aliphatic heterocycles. The van der Waals surface area contributed by atoms with Gasteiger partial charge in [0.2, 0.25) is 0 Å². The van der Waals surface area contributed by atoms with Crippen LogP contribution in [-0.4, -0.2) is 9.55 Å². The predicted molar refractivity (Wildman–Crippen MR) is 78.1 cm³/mol. The quantitative estimate of drug-likeness (QED) is 0.671. The lowest BCUT2D eigenvalue weighted by Gasteiger charge is -2.06. The maximum atomic E-state index is 13.7. The summed E-state index contributed by atoms with van der Waals surface area (Å²) in [7, 11) is 0. The van der Waals surface area contributed by atoms with Crippen molar-refractivity contribution in [2.24, 2.45) is 0 Å². The van der Waals surface area contributed by atoms with Crippen molar-refractivity contribution in [3.8, 4) is 11.8 Å². The third-order valence-corrected chi connectivity index (χ3v) is 3.63. The maximum absolute atomic E-state index is 13.7. The standard InChI is InChI=1S/C14H6ClF2N3S/c15-9-4-12-13(5-11(9)17)20(14(21)19-12)8-1-2-10(16)7(3-8)6-18/h1-5H,(H,19,21). The zero-order valence-electron chi connectivity index (χ0n) is 10.3. The van der Waals surface area contributed by atoms with Gasteiger partial charge in [0.1, 0.15) is 17.7 Å². The van der Waals surface area contributed by atoms with Crippen molar-refractivity contribution in [2.75, 3.05) is 0 Å². The van der Waals surface area contributed by atoms with Gasteiger partial charge in [-0.25, -0.2) is 8.78 Å². The van der Waals surface area contributed by atoms with Crippen molar-refractivity contribution in [3.63, 3.8) is 0 Å². The normalized spacial score (nSPS) is 10.8. The minimum absolute atomic E-state index is 0.0253. The molecule has 21 heavy (non-hydrogen) atoms. The molecule has 0 fully saturated rings. The van der Waals surface area contributed by atoms with Gasteiger partial charge < -0.3 is 4.98 Å². The van der Waals surface area contributed by atoms with Gasteiger partial charge in [-0.2, -0.15) is 5.26 Å². The average Bonchev–Trinajstić information content (AvgIpc) is 2.75. The van der Waals surface area contributed by atoms with Crippen LogP contribution in [0.25, 0.3) is 16.7 Å². The van der Waals surface area contributed by atoms with Gasteiger partial charge >= 0.3 is 0 Å². The van der Waals surface area contributed by atoms with E-state index in [0.29, 0.717) is 21.5 Å². The van der Waals surface area contributed by atoms with Crippen LogP contribution < -0.4 is 0 Å². The van der Waals surface area contributed by atoms with Crippen molar-refractivity contribution < 1.29 is 8.78 Å². The van der Waals surface area contributed by atoms with Crippen LogP contribution in [0.2, 0.25) is 5.02 Å². The highest BCUT2D eigenvalue weighted by molar-refractivity contribution is 7.71. The highest BCUT2D eigenvalue weighted by atomic mass is 35.5. The third-order valence-electron chi connectivity index (χ3n) is 3.05. The molecule has 3 rings (SSSR count). The maximum Gasteiger partial charge on any atom is 0.182 e. The number of imidazole rings is 1. The summed E-state index contributed by atoms with van der Waals surface area (Å²) in [6.45, 7) is 0. The lowest BCUT2D eigenvalue weighted by atomic mass is 10.2. The lowest BCUT2D eigenvalue weighted by Crippen LogP contribution is -1.96. The molecular formula is C14H6ClF2N3S. The molecule has 0 atom stereocenters. The van der Waals surface area contributed by atoms with Crippen LogP contribution in [0.4, 0.5) is 8.78 Å². The largest absolute Gasteiger partial charge is 0.330 e. The first-order valence-corrected chi connectivity index (χ1v) is 6.59. The Labute approximate surface area is 128 Å². The second-order valence-corrected chi connectivity index (χ2v) is 5.12. The topological polar surface area (TPSA) is 44.5 Å². The molecule has 0 aliphatic carbocycles. The van der Waals surface area contributed by atoms with Crippen LogP contribution in [0.1, 0.15) is 5.56 Å². The third kappa shape index (κ3) is 2.20. The Morgan fingerprint density at radius 1 is 1.19 bits per heavy atom. The van der Waals surface area contributed by atoms with Crippen molar-refractivity contribution in [1.29, 1.82) is 5.26 Å². The summed E-state index contributed by atoms with van der Waals surface area (Å²) in [5.74, 6) is -1.21. The summed E-state index contributed by atoms with van der Waals surface area (Å²) in [5, 5.41) is 8.87. The first-order chi connectivity index (χ1) is 10.0. The molecule has 0 aliphatic rings. The number of H-pyrrole nitrogens is 1. The van der Waals surface area contributed by atoms with Gasteiger partial charge in [0.05, 0.1) is 21.6 Å². The van der Waals surface area contributed by atoms with E-state index in [4.69, 9.17) is 29.1 Å². The number of nitriles is 1. The van der Waals surface area contributed by atoms with E-state index in [0.717, 1.165) is 0 Å². The van der Waals surface area contributed by atoms with Crippen molar-refractivity contribution >= 4 is 34.9 Å². The number of aromatic nitrogens is 2. The van der Waals surface area contributed by atoms with Crippen LogP contribution in [0.3, 0.4) is 0 Å². The van der Waals surface area contributed by atoms with Crippen molar-refractivity contribution in [2.45, 2.75) is 0 Å². The second-order valence-electron chi connectivity index (χ2n) is 4.32. The van der Waals surface area contributed by atoms with Gasteiger partial charge in [-0.3, -0.25) is 4.57 Å². The Kier molecular flexibility index (Phi) is 3.24. The number of rotatable bonds is 1. The van der Waals surface area contributed by atoms with E-state index in [1.807, 2.05) is 0 Å². The van der Waals surface area contributed by atoms with Crippen molar-refractivity contribution in [1.82, 2.24) is 9.55 Å². The van der Waals surface area contributed by atoms with Gasteiger partial charge in [-0.1, -0.05) is 11.6 Å². The molecule has 0 bridgehead atoms. The number of hydrogen-bond donors (Lipinski definition) is 1. The summed E-state index contributed by atoms with van der Waals surface area (Å²) in [6.07, 6.45) is 0. The Hall–Kier alpha value is -2.23. The van der Waals surface area contributed by atoms with Gasteiger partial charge in [0, 0.05) is 11.8 Å². The summed E-state index contributed by atoms with van der Waals surface area (Å²) < 4.78 is 28.9. The average molecular weight is 322 g/mol. The molecule has 0 spiro atoms. The monoisotopic (exact) mass is 321 g/mol. The van der Waals surface area contributed by atoms with Crippen LogP contribution >= 0.6 is 23.8 Å². The minimum Gasteiger partial charge on any atom is -0.330 e. The lowest BCUT2D eigenvalue weighted by molar-refractivity contribution is 0.623. The van der Waals surface area contributed by atoms with E-state index in [9.17, 15) is 8.78 Å². The fourth-order valence-corrected chi connectivity index (χ4v) is 2.57. The molecule has 0 radical (unpaired) electrons. The molecule has 2 aromatic carbocycles. The molecule has 0 amide bonds. The molecule has 1 aromatic heterocycles. The number of hydrogen-bond acceptors (Lipinski definition) is 2. The number of nitrogens with zero attached hydrogens (tertiary/aromatic N) is 2. The Bertz CT molecular complexity index is 969. The fourth-order valence-electron chi connectivity index (χ4n) is 2.10. The molecule has 3 aromatic rings. The summed E-state index contributed by atoms with van der Waals surface area (Å²) in [6, 6.07) is 8.40. The van der Waals surface area contributed by atoms with Crippen LogP contribution in [-0.2, 0) is 0 Å². The number of aromatic amines is 1. The molecule has 1 heterocycles. The number of nitrogens with one attached hydrogen (secondary N) is 1. The van der Waals surface area contributed by atoms with Gasteiger partial charge in [-0.05, 0) is 36.5 Å². The van der Waals surface area contributed by atoms with E-state index in [2.05, 4.69) is 4.98 Å². The smallest absolute Gasteiger partial charge is 0.182 e. The molecule has 1 N–H and O–H groups in total. The highest BCUT2D eigenvalue weighted by Gasteiger charge is 2.12. The number of halogens is 3. The van der Waals surface area contributed by atoms with Crippen LogP contribution in [0, 0.1) is 27.7 Å². The van der Waals surface area contributed by atoms with Gasteiger partial charge in [-0.15, -0.1) is 0 Å². The van der Waals surface area contributed by atoms with E-state index in [-0.39, 0.29) is 10.6 Å². The SMILES string of the molecule is N#Cc1cc(-n2c(=S)[nH]c3cc(Cl)c(F)cc32)ccc1F. The predicted octanol–water partition coefficient (Wildman–Crippen LogP) is 4.49. The zero-order chi connectivity index (χ0) is 15.1. The minimum atomic E-state index is -0.623. The summed E-state index contributed by atoms with van der Waals surface area (Å²) in [4.78, 5) is 2.90. The Morgan fingerprint density at radius 2 is 1.95 bits per heavy atom. The number of fused-ring (bicyclic) bond motifs is 1. The molecule has 104 valence electrons.